The molecule has 1 aliphatic carbocycles. The largest absolute Gasteiger partial charge is 0.383 e. The first-order valence-electron chi connectivity index (χ1n) is 5.27. The Hall–Kier alpha value is -0.550. The Morgan fingerprint density at radius 2 is 2.06 bits per heavy atom. The van der Waals surface area contributed by atoms with Crippen LogP contribution in [0.15, 0.2) is 27.6 Å². The molecule has 5 heteroatoms. The lowest BCUT2D eigenvalue weighted by Crippen LogP contribution is -2.20. The highest BCUT2D eigenvalue weighted by Gasteiger charge is 2.48. The first-order chi connectivity index (χ1) is 7.51. The van der Waals surface area contributed by atoms with Gasteiger partial charge in [0.25, 0.3) is 0 Å². The summed E-state index contributed by atoms with van der Waals surface area (Å²) in [4.78, 5) is 0.444. The number of halogens is 1. The van der Waals surface area contributed by atoms with Crippen molar-refractivity contribution in [3.05, 3.63) is 22.7 Å². The monoisotopic (exact) mass is 301 g/mol. The topological polar surface area (TPSA) is 46.2 Å². The van der Waals surface area contributed by atoms with Crippen LogP contribution in [0.3, 0.4) is 0 Å². The molecule has 0 radical (unpaired) electrons. The van der Waals surface area contributed by atoms with Gasteiger partial charge in [0.2, 0.25) is 0 Å². The van der Waals surface area contributed by atoms with Crippen LogP contribution in [0.2, 0.25) is 0 Å². The third kappa shape index (κ3) is 1.66. The molecule has 1 heterocycles. The minimum Gasteiger partial charge on any atom is -0.383 e. The zero-order valence-electron chi connectivity index (χ0n) is 8.66. The van der Waals surface area contributed by atoms with Crippen molar-refractivity contribution in [2.75, 3.05) is 17.6 Å². The molecule has 1 aromatic rings. The summed E-state index contributed by atoms with van der Waals surface area (Å²) < 4.78 is 25.3. The second kappa shape index (κ2) is 3.23. The highest BCUT2D eigenvalue weighted by atomic mass is 79.9. The van der Waals surface area contributed by atoms with Crippen LogP contribution in [-0.2, 0) is 9.84 Å². The molecule has 1 fully saturated rings. The van der Waals surface area contributed by atoms with Crippen LogP contribution in [0.25, 0.3) is 0 Å². The van der Waals surface area contributed by atoms with Crippen molar-refractivity contribution in [1.82, 2.24) is 0 Å². The number of hydrogen-bond donors (Lipinski definition) is 1. The third-order valence-corrected chi connectivity index (χ3v) is 5.90. The van der Waals surface area contributed by atoms with Crippen molar-refractivity contribution >= 4 is 31.5 Å². The number of nitrogens with one attached hydrogen (secondary N) is 1. The normalized spacial score (nSPS) is 24.3. The Kier molecular flexibility index (Phi) is 2.14. The molecule has 1 saturated carbocycles. The van der Waals surface area contributed by atoms with E-state index in [2.05, 4.69) is 21.2 Å². The summed E-state index contributed by atoms with van der Waals surface area (Å²) in [5.41, 5.74) is 0.739. The van der Waals surface area contributed by atoms with Crippen molar-refractivity contribution in [3.63, 3.8) is 0 Å². The number of rotatable bonds is 0. The summed E-state index contributed by atoms with van der Waals surface area (Å²) in [5.74, 6) is 0.293. The Morgan fingerprint density at radius 1 is 1.31 bits per heavy atom. The van der Waals surface area contributed by atoms with Crippen molar-refractivity contribution in [2.24, 2.45) is 5.41 Å². The van der Waals surface area contributed by atoms with Crippen LogP contribution in [0.5, 0.6) is 0 Å². The van der Waals surface area contributed by atoms with Gasteiger partial charge in [0.05, 0.1) is 16.3 Å². The van der Waals surface area contributed by atoms with E-state index >= 15 is 0 Å². The molecule has 1 spiro atoms. The molecular formula is C11H12BrNO2S. The smallest absolute Gasteiger partial charge is 0.181 e. The van der Waals surface area contributed by atoms with Crippen molar-refractivity contribution in [3.8, 4) is 0 Å². The van der Waals surface area contributed by atoms with E-state index in [0.29, 0.717) is 10.6 Å². The number of hydrogen-bond acceptors (Lipinski definition) is 3. The SMILES string of the molecule is O=S1(=O)CC2(CC2)CNc2cc(Br)ccc21. The molecule has 0 unspecified atom stereocenters. The first-order valence-corrected chi connectivity index (χ1v) is 7.72. The molecule has 0 saturated heterocycles. The molecule has 0 atom stereocenters. The summed E-state index contributed by atoms with van der Waals surface area (Å²) in [5, 5.41) is 3.27. The maximum absolute atomic E-state index is 12.2. The highest BCUT2D eigenvalue weighted by molar-refractivity contribution is 9.10. The van der Waals surface area contributed by atoms with Gasteiger partial charge in [-0.15, -0.1) is 0 Å². The lowest BCUT2D eigenvalue weighted by molar-refractivity contribution is 0.562. The molecule has 0 bridgehead atoms. The fourth-order valence-corrected chi connectivity index (χ4v) is 4.68. The van der Waals surface area contributed by atoms with Crippen LogP contribution in [0, 0.1) is 5.41 Å². The van der Waals surface area contributed by atoms with Gasteiger partial charge in [-0.3, -0.25) is 0 Å². The lowest BCUT2D eigenvalue weighted by atomic mass is 10.1. The number of anilines is 1. The molecule has 1 aliphatic heterocycles. The number of benzene rings is 1. The van der Waals surface area contributed by atoms with Gasteiger partial charge >= 0.3 is 0 Å². The van der Waals surface area contributed by atoms with E-state index in [1.165, 1.54) is 0 Å². The second-order valence-electron chi connectivity index (χ2n) is 4.75. The van der Waals surface area contributed by atoms with E-state index in [1.807, 2.05) is 6.07 Å². The van der Waals surface area contributed by atoms with Crippen LogP contribution in [0.4, 0.5) is 5.69 Å². The van der Waals surface area contributed by atoms with E-state index < -0.39 is 9.84 Å². The van der Waals surface area contributed by atoms with E-state index in [0.717, 1.165) is 29.5 Å². The Balaban J connectivity index is 2.15. The number of fused-ring (bicyclic) bond motifs is 1. The van der Waals surface area contributed by atoms with Crippen LogP contribution in [-0.4, -0.2) is 20.7 Å². The quantitative estimate of drug-likeness (QED) is 0.800. The Labute approximate surface area is 103 Å². The molecule has 2 aliphatic rings. The van der Waals surface area contributed by atoms with Crippen LogP contribution >= 0.6 is 15.9 Å². The molecular weight excluding hydrogens is 290 g/mol. The van der Waals surface area contributed by atoms with Gasteiger partial charge in [0, 0.05) is 16.4 Å². The van der Waals surface area contributed by atoms with Gasteiger partial charge in [0.15, 0.2) is 9.84 Å². The molecule has 0 amide bonds. The third-order valence-electron chi connectivity index (χ3n) is 3.38. The standard InChI is InChI=1S/C11H12BrNO2S/c12-8-1-2-10-9(5-8)13-6-11(3-4-11)7-16(10,14)15/h1-2,5,13H,3-4,6-7H2. The summed E-state index contributed by atoms with van der Waals surface area (Å²) in [6.45, 7) is 0.773. The molecule has 1 N–H and O–H groups in total. The average Bonchev–Trinajstić information content (AvgIpc) is 2.95. The molecule has 16 heavy (non-hydrogen) atoms. The number of sulfone groups is 1. The maximum Gasteiger partial charge on any atom is 0.181 e. The van der Waals surface area contributed by atoms with Crippen LogP contribution < -0.4 is 5.32 Å². The van der Waals surface area contributed by atoms with Gasteiger partial charge in [-0.25, -0.2) is 8.42 Å². The predicted molar refractivity (Wildman–Crippen MR) is 66.4 cm³/mol. The van der Waals surface area contributed by atoms with Crippen molar-refractivity contribution < 1.29 is 8.42 Å². The molecule has 3 nitrogen and oxygen atoms in total. The second-order valence-corrected chi connectivity index (χ2v) is 7.63. The summed E-state index contributed by atoms with van der Waals surface area (Å²) in [6, 6.07) is 5.31. The van der Waals surface area contributed by atoms with Gasteiger partial charge in [-0.2, -0.15) is 0 Å². The lowest BCUT2D eigenvalue weighted by Gasteiger charge is -2.09. The average molecular weight is 302 g/mol. The summed E-state index contributed by atoms with van der Waals surface area (Å²) in [6.07, 6.45) is 2.04. The Bertz CT molecular complexity index is 549. The van der Waals surface area contributed by atoms with Gasteiger partial charge in [-0.1, -0.05) is 15.9 Å². The van der Waals surface area contributed by atoms with Crippen molar-refractivity contribution in [1.29, 1.82) is 0 Å². The van der Waals surface area contributed by atoms with Gasteiger partial charge in [-0.05, 0) is 31.0 Å². The first kappa shape index (κ1) is 10.6. The zero-order valence-corrected chi connectivity index (χ0v) is 11.1. The van der Waals surface area contributed by atoms with E-state index in [9.17, 15) is 8.42 Å². The van der Waals surface area contributed by atoms with E-state index in [1.54, 1.807) is 12.1 Å². The highest BCUT2D eigenvalue weighted by Crippen LogP contribution is 2.49. The summed E-state index contributed by atoms with van der Waals surface area (Å²) >= 11 is 3.36. The zero-order chi connectivity index (χ0) is 11.4. The van der Waals surface area contributed by atoms with Gasteiger partial charge < -0.3 is 5.32 Å². The van der Waals surface area contributed by atoms with Gasteiger partial charge in [0.1, 0.15) is 0 Å². The molecule has 0 aromatic heterocycles. The van der Waals surface area contributed by atoms with E-state index in [-0.39, 0.29) is 5.41 Å². The van der Waals surface area contributed by atoms with E-state index in [4.69, 9.17) is 0 Å². The molecule has 1 aromatic carbocycles. The van der Waals surface area contributed by atoms with Crippen molar-refractivity contribution in [2.45, 2.75) is 17.7 Å². The fraction of sp³-hybridized carbons (Fsp3) is 0.455. The van der Waals surface area contributed by atoms with Crippen LogP contribution in [0.1, 0.15) is 12.8 Å². The summed E-state index contributed by atoms with van der Waals surface area (Å²) in [7, 11) is -3.12. The molecule has 3 rings (SSSR count). The molecule has 86 valence electrons. The maximum atomic E-state index is 12.2. The minimum absolute atomic E-state index is 0.00430. The minimum atomic E-state index is -3.12. The Morgan fingerprint density at radius 3 is 2.75 bits per heavy atom. The fourth-order valence-electron chi connectivity index (χ4n) is 2.22. The predicted octanol–water partition coefficient (Wildman–Crippen LogP) is 2.43.